The van der Waals surface area contributed by atoms with E-state index < -0.39 is 8.32 Å². The molecule has 0 aliphatic heterocycles. The summed E-state index contributed by atoms with van der Waals surface area (Å²) in [6.07, 6.45) is 2.13. The summed E-state index contributed by atoms with van der Waals surface area (Å²) >= 11 is 3.37. The Morgan fingerprint density at radius 2 is 1.71 bits per heavy atom. The van der Waals surface area contributed by atoms with Crippen LogP contribution in [0.2, 0.25) is 18.1 Å². The van der Waals surface area contributed by atoms with Crippen molar-refractivity contribution in [1.82, 2.24) is 0 Å². The van der Waals surface area contributed by atoms with Crippen LogP contribution in [0.1, 0.15) is 33.6 Å². The Morgan fingerprint density at radius 3 is 2.07 bits per heavy atom. The van der Waals surface area contributed by atoms with E-state index in [2.05, 4.69) is 43.3 Å². The maximum Gasteiger partial charge on any atom is 0.191 e. The normalized spacial score (nSPS) is 11.7. The van der Waals surface area contributed by atoms with Crippen LogP contribution in [0.4, 0.5) is 0 Å². The molecular formula is C11H23BrOSi. The van der Waals surface area contributed by atoms with Gasteiger partial charge in [0.1, 0.15) is 0 Å². The Morgan fingerprint density at radius 1 is 1.21 bits per heavy atom. The quantitative estimate of drug-likeness (QED) is 0.462. The Labute approximate surface area is 98.2 Å². The number of rotatable bonds is 8. The third kappa shape index (κ3) is 5.32. The van der Waals surface area contributed by atoms with Gasteiger partial charge in [-0.2, -0.15) is 0 Å². The predicted octanol–water partition coefficient (Wildman–Crippen LogP) is 4.70. The molecule has 0 saturated carbocycles. The lowest BCUT2D eigenvalue weighted by Crippen LogP contribution is -2.36. The van der Waals surface area contributed by atoms with Gasteiger partial charge in [0.25, 0.3) is 0 Å². The van der Waals surface area contributed by atoms with Gasteiger partial charge in [-0.25, -0.2) is 0 Å². The molecule has 3 heteroatoms. The first-order chi connectivity index (χ1) is 6.60. The summed E-state index contributed by atoms with van der Waals surface area (Å²) in [5.74, 6) is 0. The zero-order valence-electron chi connectivity index (χ0n) is 9.74. The second-order valence-corrected chi connectivity index (χ2v) is 9.61. The van der Waals surface area contributed by atoms with Crippen LogP contribution in [0.5, 0.6) is 0 Å². The van der Waals surface area contributed by atoms with Crippen molar-refractivity contribution in [3.8, 4) is 0 Å². The number of halogens is 1. The fraction of sp³-hybridized carbons (Fsp3) is 0.818. The highest BCUT2D eigenvalue weighted by Crippen LogP contribution is 2.22. The van der Waals surface area contributed by atoms with Crippen LogP contribution in [0.15, 0.2) is 11.1 Å². The molecule has 1 nitrogen and oxygen atoms in total. The summed E-state index contributed by atoms with van der Waals surface area (Å²) in [6, 6.07) is 3.74. The molecule has 0 amide bonds. The van der Waals surface area contributed by atoms with Gasteiger partial charge in [0.2, 0.25) is 0 Å². The van der Waals surface area contributed by atoms with Gasteiger partial charge in [0.05, 0.1) is 0 Å². The lowest BCUT2D eigenvalue weighted by atomic mass is 10.3. The Balaban J connectivity index is 3.77. The molecule has 0 saturated heterocycles. The second kappa shape index (κ2) is 7.66. The van der Waals surface area contributed by atoms with Gasteiger partial charge in [-0.15, -0.1) is 0 Å². The molecule has 0 rings (SSSR count). The van der Waals surface area contributed by atoms with Crippen molar-refractivity contribution in [2.45, 2.75) is 51.7 Å². The molecule has 0 atom stereocenters. The summed E-state index contributed by atoms with van der Waals surface area (Å²) in [5, 5.41) is 0. The van der Waals surface area contributed by atoms with E-state index in [-0.39, 0.29) is 0 Å². The largest absolute Gasteiger partial charge is 0.417 e. The van der Waals surface area contributed by atoms with Gasteiger partial charge in [-0.1, -0.05) is 43.3 Å². The number of hydrogen-bond acceptors (Lipinski definition) is 1. The highest BCUT2D eigenvalue weighted by atomic mass is 79.9. The molecule has 0 aromatic carbocycles. The zero-order chi connectivity index (χ0) is 11.0. The van der Waals surface area contributed by atoms with Crippen LogP contribution >= 0.6 is 15.9 Å². The average Bonchev–Trinajstić information content (AvgIpc) is 2.19. The molecule has 0 aromatic heterocycles. The van der Waals surface area contributed by atoms with Gasteiger partial charge >= 0.3 is 0 Å². The molecule has 0 spiro atoms. The van der Waals surface area contributed by atoms with E-state index >= 15 is 0 Å². The standard InChI is InChI=1S/C11H23BrOSi/c1-5-14(6-2,7-3)13-10-8-9-11(4)12/h4-10H2,1-3H3. The van der Waals surface area contributed by atoms with Gasteiger partial charge in [-0.3, -0.25) is 0 Å². The molecule has 0 aromatic rings. The lowest BCUT2D eigenvalue weighted by molar-refractivity contribution is 0.294. The fourth-order valence-corrected chi connectivity index (χ4v) is 4.58. The summed E-state index contributed by atoms with van der Waals surface area (Å²) in [6.45, 7) is 11.5. The predicted molar refractivity (Wildman–Crippen MR) is 70.5 cm³/mol. The van der Waals surface area contributed by atoms with Crippen molar-refractivity contribution in [2.24, 2.45) is 0 Å². The third-order valence-electron chi connectivity index (χ3n) is 2.93. The minimum atomic E-state index is -1.33. The van der Waals surface area contributed by atoms with Crippen LogP contribution in [-0.2, 0) is 4.43 Å². The van der Waals surface area contributed by atoms with Crippen molar-refractivity contribution >= 4 is 24.2 Å². The zero-order valence-corrected chi connectivity index (χ0v) is 12.3. The molecule has 84 valence electrons. The highest BCUT2D eigenvalue weighted by molar-refractivity contribution is 9.11. The molecule has 0 aliphatic rings. The fourth-order valence-electron chi connectivity index (χ4n) is 1.61. The minimum absolute atomic E-state index is 0.909. The molecule has 0 N–H and O–H groups in total. The van der Waals surface area contributed by atoms with E-state index in [1.807, 2.05) is 0 Å². The summed E-state index contributed by atoms with van der Waals surface area (Å²) < 4.78 is 7.19. The summed E-state index contributed by atoms with van der Waals surface area (Å²) in [7, 11) is -1.33. The van der Waals surface area contributed by atoms with Crippen molar-refractivity contribution in [3.63, 3.8) is 0 Å². The number of hydrogen-bond donors (Lipinski definition) is 0. The van der Waals surface area contributed by atoms with E-state index in [4.69, 9.17) is 4.43 Å². The first-order valence-corrected chi connectivity index (χ1v) is 8.89. The van der Waals surface area contributed by atoms with Gasteiger partial charge < -0.3 is 4.43 Å². The maximum atomic E-state index is 6.10. The van der Waals surface area contributed by atoms with Crippen molar-refractivity contribution in [1.29, 1.82) is 0 Å². The van der Waals surface area contributed by atoms with Crippen LogP contribution in [0, 0.1) is 0 Å². The molecule has 0 radical (unpaired) electrons. The van der Waals surface area contributed by atoms with Gasteiger partial charge in [0.15, 0.2) is 8.32 Å². The molecular weight excluding hydrogens is 256 g/mol. The van der Waals surface area contributed by atoms with E-state index in [1.165, 1.54) is 18.1 Å². The molecule has 0 aliphatic carbocycles. The molecule has 0 bridgehead atoms. The number of allylic oxidation sites excluding steroid dienone is 1. The van der Waals surface area contributed by atoms with E-state index in [0.717, 1.165) is 23.9 Å². The molecule has 14 heavy (non-hydrogen) atoms. The van der Waals surface area contributed by atoms with Gasteiger partial charge in [0, 0.05) is 6.61 Å². The minimum Gasteiger partial charge on any atom is -0.417 e. The van der Waals surface area contributed by atoms with Crippen LogP contribution < -0.4 is 0 Å². The Bertz CT molecular complexity index is 158. The van der Waals surface area contributed by atoms with Crippen molar-refractivity contribution < 1.29 is 4.43 Å². The highest BCUT2D eigenvalue weighted by Gasteiger charge is 2.27. The van der Waals surface area contributed by atoms with Crippen LogP contribution in [-0.4, -0.2) is 14.9 Å². The first kappa shape index (κ1) is 14.4. The SMILES string of the molecule is C=C(Br)CCCO[Si](CC)(CC)CC. The van der Waals surface area contributed by atoms with Crippen molar-refractivity contribution in [2.75, 3.05) is 6.61 Å². The Hall–Kier alpha value is 0.397. The van der Waals surface area contributed by atoms with Crippen molar-refractivity contribution in [3.05, 3.63) is 11.1 Å². The average molecular weight is 279 g/mol. The summed E-state index contributed by atoms with van der Waals surface area (Å²) in [5.41, 5.74) is 0. The lowest BCUT2D eigenvalue weighted by Gasteiger charge is -2.27. The monoisotopic (exact) mass is 278 g/mol. The smallest absolute Gasteiger partial charge is 0.191 e. The topological polar surface area (TPSA) is 9.23 Å². The van der Waals surface area contributed by atoms with Gasteiger partial charge in [-0.05, 0) is 35.5 Å². The maximum absolute atomic E-state index is 6.10. The molecule has 0 unspecified atom stereocenters. The van der Waals surface area contributed by atoms with E-state index in [0.29, 0.717) is 0 Å². The molecule has 0 fully saturated rings. The summed E-state index contributed by atoms with van der Waals surface area (Å²) in [4.78, 5) is 0. The van der Waals surface area contributed by atoms with Crippen LogP contribution in [0.3, 0.4) is 0 Å². The third-order valence-corrected chi connectivity index (χ3v) is 8.01. The van der Waals surface area contributed by atoms with E-state index in [1.54, 1.807) is 0 Å². The Kier molecular flexibility index (Phi) is 7.87. The van der Waals surface area contributed by atoms with E-state index in [9.17, 15) is 0 Å². The molecule has 0 heterocycles. The second-order valence-electron chi connectivity index (χ2n) is 3.71. The van der Waals surface area contributed by atoms with Crippen LogP contribution in [0.25, 0.3) is 0 Å². The first-order valence-electron chi connectivity index (χ1n) is 5.57.